The second-order valence-corrected chi connectivity index (χ2v) is 7.00. The second kappa shape index (κ2) is 9.07. The van der Waals surface area contributed by atoms with E-state index in [1.807, 2.05) is 24.3 Å². The molecule has 2 aromatic carbocycles. The molecule has 33 heavy (non-hydrogen) atoms. The van der Waals surface area contributed by atoms with Crippen molar-refractivity contribution in [2.75, 3.05) is 35.5 Å². The molecular weight excluding hydrogens is 426 g/mol. The number of fused-ring (bicyclic) bond motifs is 1. The van der Waals surface area contributed by atoms with E-state index in [1.165, 1.54) is 28.4 Å². The van der Waals surface area contributed by atoms with Gasteiger partial charge in [-0.1, -0.05) is 0 Å². The Morgan fingerprint density at radius 1 is 0.848 bits per heavy atom. The van der Waals surface area contributed by atoms with E-state index in [0.717, 1.165) is 10.9 Å². The summed E-state index contributed by atoms with van der Waals surface area (Å²) in [4.78, 5) is 21.7. The Morgan fingerprint density at radius 2 is 1.58 bits per heavy atom. The van der Waals surface area contributed by atoms with Crippen LogP contribution in [0, 0.1) is 0 Å². The lowest BCUT2D eigenvalue weighted by Crippen LogP contribution is -2.24. The Kier molecular flexibility index (Phi) is 6.03. The van der Waals surface area contributed by atoms with Gasteiger partial charge >= 0.3 is 0 Å². The lowest BCUT2D eigenvalue weighted by atomic mass is 10.1. The van der Waals surface area contributed by atoms with E-state index in [4.69, 9.17) is 23.7 Å². The van der Waals surface area contributed by atoms with Crippen LogP contribution in [0.25, 0.3) is 17.0 Å². The van der Waals surface area contributed by atoms with Crippen LogP contribution in [-0.2, 0) is 4.79 Å². The summed E-state index contributed by atoms with van der Waals surface area (Å²) in [6.45, 7) is 0. The van der Waals surface area contributed by atoms with Gasteiger partial charge in [0.2, 0.25) is 11.6 Å². The quantitative estimate of drug-likeness (QED) is 0.553. The molecule has 0 unspecified atom stereocenters. The third-order valence-electron chi connectivity index (χ3n) is 5.14. The zero-order valence-electron chi connectivity index (χ0n) is 18.9. The molecule has 0 atom stereocenters. The molecule has 9 nitrogen and oxygen atoms in total. The van der Waals surface area contributed by atoms with Crippen molar-refractivity contribution in [2.24, 2.45) is 4.99 Å². The summed E-state index contributed by atoms with van der Waals surface area (Å²) in [5.41, 5.74) is 2.17. The Morgan fingerprint density at radius 3 is 2.18 bits per heavy atom. The lowest BCUT2D eigenvalue weighted by Gasteiger charge is -2.13. The van der Waals surface area contributed by atoms with Crippen LogP contribution in [-0.4, -0.2) is 52.3 Å². The van der Waals surface area contributed by atoms with Crippen LogP contribution >= 0.6 is 0 Å². The number of carbonyl (C=O) groups excluding carboxylic acids is 1. The first-order valence-corrected chi connectivity index (χ1v) is 9.96. The molecule has 1 aromatic heterocycles. The van der Waals surface area contributed by atoms with Crippen molar-refractivity contribution in [1.82, 2.24) is 10.3 Å². The van der Waals surface area contributed by atoms with Crippen LogP contribution in [0.3, 0.4) is 0 Å². The molecule has 1 amide bonds. The number of rotatable bonds is 7. The number of pyridine rings is 1. The molecule has 0 saturated heterocycles. The maximum absolute atomic E-state index is 12.7. The molecule has 0 fully saturated rings. The predicted octanol–water partition coefficient (Wildman–Crippen LogP) is 3.20. The van der Waals surface area contributed by atoms with Crippen LogP contribution in [0.4, 0.5) is 0 Å². The third kappa shape index (κ3) is 4.12. The normalized spacial score (nSPS) is 14.2. The molecule has 9 heteroatoms. The molecule has 0 bridgehead atoms. The fourth-order valence-corrected chi connectivity index (χ4v) is 3.52. The van der Waals surface area contributed by atoms with Gasteiger partial charge in [-0.05, 0) is 42.5 Å². The van der Waals surface area contributed by atoms with Gasteiger partial charge in [0.25, 0.3) is 5.91 Å². The van der Waals surface area contributed by atoms with Gasteiger partial charge in [-0.25, -0.2) is 9.98 Å². The van der Waals surface area contributed by atoms with Gasteiger partial charge < -0.3 is 29.0 Å². The minimum Gasteiger partial charge on any atom is -0.497 e. The summed E-state index contributed by atoms with van der Waals surface area (Å²) < 4.78 is 26.9. The van der Waals surface area contributed by atoms with Gasteiger partial charge in [-0.3, -0.25) is 4.79 Å². The number of hydrogen-bond donors (Lipinski definition) is 1. The lowest BCUT2D eigenvalue weighted by molar-refractivity contribution is -0.115. The average molecular weight is 449 g/mol. The van der Waals surface area contributed by atoms with E-state index in [9.17, 15) is 4.79 Å². The summed E-state index contributed by atoms with van der Waals surface area (Å²) in [5.74, 6) is 2.45. The first-order valence-electron chi connectivity index (χ1n) is 9.96. The summed E-state index contributed by atoms with van der Waals surface area (Å²) in [6, 6.07) is 10.8. The van der Waals surface area contributed by atoms with E-state index >= 15 is 0 Å². The topological polar surface area (TPSA) is 100 Å². The molecule has 0 aliphatic carbocycles. The van der Waals surface area contributed by atoms with Crippen molar-refractivity contribution in [1.29, 1.82) is 0 Å². The number of ether oxygens (including phenoxy) is 5. The highest BCUT2D eigenvalue weighted by Crippen LogP contribution is 2.38. The maximum atomic E-state index is 12.7. The molecule has 170 valence electrons. The van der Waals surface area contributed by atoms with Gasteiger partial charge in [0, 0.05) is 16.5 Å². The highest BCUT2D eigenvalue weighted by atomic mass is 16.5. The molecule has 0 spiro atoms. The van der Waals surface area contributed by atoms with Crippen LogP contribution in [0.1, 0.15) is 11.1 Å². The summed E-state index contributed by atoms with van der Waals surface area (Å²) in [7, 11) is 7.70. The summed E-state index contributed by atoms with van der Waals surface area (Å²) >= 11 is 0. The molecule has 4 rings (SSSR count). The first-order chi connectivity index (χ1) is 16.0. The molecule has 3 aromatic rings. The highest BCUT2D eigenvalue weighted by molar-refractivity contribution is 6.20. The number of amidine groups is 1. The Bertz CT molecular complexity index is 1270. The van der Waals surface area contributed by atoms with E-state index in [-0.39, 0.29) is 11.6 Å². The fourth-order valence-electron chi connectivity index (χ4n) is 3.52. The second-order valence-electron chi connectivity index (χ2n) is 7.00. The van der Waals surface area contributed by atoms with E-state index in [0.29, 0.717) is 45.8 Å². The SMILES string of the molecule is COc1ccc2nc(OC)c(C=C3N=C(c4cc(OC)c(OC)c(OC)c4)NC3=O)cc2c1. The number of aliphatic imine (C=N–C) groups is 1. The minimum atomic E-state index is -0.355. The zero-order chi connectivity index (χ0) is 23.5. The summed E-state index contributed by atoms with van der Waals surface area (Å²) in [5, 5.41) is 3.63. The largest absolute Gasteiger partial charge is 0.497 e. The van der Waals surface area contributed by atoms with E-state index in [2.05, 4.69) is 15.3 Å². The fraction of sp³-hybridized carbons (Fsp3) is 0.208. The molecule has 1 aliphatic rings. The molecule has 0 saturated carbocycles. The van der Waals surface area contributed by atoms with Gasteiger partial charge in [0.15, 0.2) is 11.5 Å². The van der Waals surface area contributed by atoms with Gasteiger partial charge in [0.05, 0.1) is 41.1 Å². The van der Waals surface area contributed by atoms with Crippen molar-refractivity contribution in [3.8, 4) is 28.9 Å². The number of benzene rings is 2. The number of nitrogens with zero attached hydrogens (tertiary/aromatic N) is 2. The Hall–Kier alpha value is -4.27. The van der Waals surface area contributed by atoms with Crippen molar-refractivity contribution in [3.05, 3.63) is 53.2 Å². The molecule has 2 heterocycles. The first kappa shape index (κ1) is 21.9. The minimum absolute atomic E-state index is 0.209. The summed E-state index contributed by atoms with van der Waals surface area (Å²) in [6.07, 6.45) is 1.63. The number of aromatic nitrogens is 1. The smallest absolute Gasteiger partial charge is 0.275 e. The Balaban J connectivity index is 1.78. The van der Waals surface area contributed by atoms with Crippen LogP contribution < -0.4 is 29.0 Å². The third-order valence-corrected chi connectivity index (χ3v) is 5.14. The van der Waals surface area contributed by atoms with Crippen LogP contribution in [0.5, 0.6) is 28.9 Å². The number of amides is 1. The van der Waals surface area contributed by atoms with Crippen LogP contribution in [0.15, 0.2) is 47.1 Å². The van der Waals surface area contributed by atoms with Crippen LogP contribution in [0.2, 0.25) is 0 Å². The average Bonchev–Trinajstić information content (AvgIpc) is 3.22. The van der Waals surface area contributed by atoms with Gasteiger partial charge in [-0.2, -0.15) is 0 Å². The molecule has 1 aliphatic heterocycles. The van der Waals surface area contributed by atoms with Crippen molar-refractivity contribution < 1.29 is 28.5 Å². The molecule has 1 N–H and O–H groups in total. The molecule has 0 radical (unpaired) electrons. The number of methoxy groups -OCH3 is 5. The Labute approximate surface area is 190 Å². The standard InChI is InChI=1S/C24H23N3O6/c1-29-16-6-7-17-13(9-16)8-15(24(26-17)33-5)10-18-23(28)27-22(25-18)14-11-19(30-2)21(32-4)20(12-14)31-3/h6-12H,1-5H3,(H,25,27,28). The van der Waals surface area contributed by atoms with E-state index in [1.54, 1.807) is 25.3 Å². The van der Waals surface area contributed by atoms with Crippen molar-refractivity contribution in [2.45, 2.75) is 0 Å². The van der Waals surface area contributed by atoms with Crippen molar-refractivity contribution >= 4 is 28.7 Å². The number of nitrogens with one attached hydrogen (secondary N) is 1. The van der Waals surface area contributed by atoms with E-state index < -0.39 is 0 Å². The maximum Gasteiger partial charge on any atom is 0.275 e. The van der Waals surface area contributed by atoms with Crippen molar-refractivity contribution in [3.63, 3.8) is 0 Å². The number of carbonyl (C=O) groups is 1. The van der Waals surface area contributed by atoms with Gasteiger partial charge in [-0.15, -0.1) is 0 Å². The predicted molar refractivity (Wildman–Crippen MR) is 124 cm³/mol. The highest BCUT2D eigenvalue weighted by Gasteiger charge is 2.24. The molecular formula is C24H23N3O6. The monoisotopic (exact) mass is 449 g/mol. The zero-order valence-corrected chi connectivity index (χ0v) is 18.9. The number of hydrogen-bond acceptors (Lipinski definition) is 8. The van der Waals surface area contributed by atoms with Gasteiger partial charge in [0.1, 0.15) is 17.3 Å².